The predicted octanol–water partition coefficient (Wildman–Crippen LogP) is 3.92. The van der Waals surface area contributed by atoms with Gasteiger partial charge in [-0.15, -0.1) is 10.2 Å². The Kier molecular flexibility index (Phi) is 5.63. The molecule has 0 aliphatic heterocycles. The lowest BCUT2D eigenvalue weighted by Crippen LogP contribution is -2.12. The zero-order valence-corrected chi connectivity index (χ0v) is 15.0. The van der Waals surface area contributed by atoms with Crippen LogP contribution in [0.2, 0.25) is 10.0 Å². The molecule has 25 heavy (non-hydrogen) atoms. The van der Waals surface area contributed by atoms with Gasteiger partial charge in [0.15, 0.2) is 11.5 Å². The predicted molar refractivity (Wildman–Crippen MR) is 96.9 cm³/mol. The summed E-state index contributed by atoms with van der Waals surface area (Å²) in [5.41, 5.74) is 4.98. The number of benzene rings is 2. The monoisotopic (exact) mass is 378 g/mol. The number of hydrogen-bond acceptors (Lipinski definition) is 5. The lowest BCUT2D eigenvalue weighted by atomic mass is 10.2. The summed E-state index contributed by atoms with van der Waals surface area (Å²) in [5.74, 6) is 1.19. The minimum Gasteiger partial charge on any atom is -0.493 e. The summed E-state index contributed by atoms with van der Waals surface area (Å²) in [6, 6.07) is 11.1. The molecule has 2 aromatic carbocycles. The summed E-state index contributed by atoms with van der Waals surface area (Å²) in [6.07, 6.45) is 3.13. The van der Waals surface area contributed by atoms with E-state index in [1.807, 2.05) is 30.3 Å². The number of aromatic nitrogens is 3. The molecule has 1 heterocycles. The molecule has 0 atom stereocenters. The van der Waals surface area contributed by atoms with E-state index in [0.29, 0.717) is 34.7 Å². The summed E-state index contributed by atoms with van der Waals surface area (Å²) in [5, 5.41) is 8.72. The molecule has 1 aromatic heterocycles. The SMILES string of the molecule is COc1cc(CNn2cnnc2)c(Cl)cc1OCc1ccc(Cl)cc1. The molecule has 0 unspecified atom stereocenters. The van der Waals surface area contributed by atoms with E-state index < -0.39 is 0 Å². The largest absolute Gasteiger partial charge is 0.493 e. The molecule has 0 bridgehead atoms. The van der Waals surface area contributed by atoms with Crippen molar-refractivity contribution in [3.8, 4) is 11.5 Å². The van der Waals surface area contributed by atoms with Crippen LogP contribution in [0.1, 0.15) is 11.1 Å². The van der Waals surface area contributed by atoms with Gasteiger partial charge in [0.2, 0.25) is 0 Å². The van der Waals surface area contributed by atoms with E-state index in [1.165, 1.54) is 0 Å². The second kappa shape index (κ2) is 8.09. The Labute approximate surface area is 155 Å². The van der Waals surface area contributed by atoms with Gasteiger partial charge in [-0.2, -0.15) is 0 Å². The molecule has 0 radical (unpaired) electrons. The van der Waals surface area contributed by atoms with Gasteiger partial charge < -0.3 is 14.9 Å². The summed E-state index contributed by atoms with van der Waals surface area (Å²) < 4.78 is 12.9. The van der Waals surface area contributed by atoms with E-state index in [-0.39, 0.29) is 0 Å². The molecule has 0 spiro atoms. The van der Waals surface area contributed by atoms with Crippen LogP contribution in [0.15, 0.2) is 49.1 Å². The highest BCUT2D eigenvalue weighted by molar-refractivity contribution is 6.31. The topological polar surface area (TPSA) is 61.2 Å². The molecule has 3 aromatic rings. The zero-order chi connectivity index (χ0) is 17.6. The first-order valence-corrected chi connectivity index (χ1v) is 8.23. The van der Waals surface area contributed by atoms with Crippen LogP contribution in [0, 0.1) is 0 Å². The van der Waals surface area contributed by atoms with Crippen LogP contribution < -0.4 is 14.9 Å². The minimum atomic E-state index is 0.391. The zero-order valence-electron chi connectivity index (χ0n) is 13.4. The molecular formula is C17H16Cl2N4O2. The molecular weight excluding hydrogens is 363 g/mol. The van der Waals surface area contributed by atoms with Crippen LogP contribution in [0.4, 0.5) is 0 Å². The number of nitrogens with zero attached hydrogens (tertiary/aromatic N) is 3. The molecule has 0 saturated heterocycles. The molecule has 130 valence electrons. The van der Waals surface area contributed by atoms with Crippen LogP contribution in [-0.4, -0.2) is 22.0 Å². The van der Waals surface area contributed by atoms with Crippen molar-refractivity contribution < 1.29 is 9.47 Å². The van der Waals surface area contributed by atoms with Crippen LogP contribution in [0.5, 0.6) is 11.5 Å². The molecule has 0 saturated carbocycles. The first kappa shape index (κ1) is 17.4. The first-order chi connectivity index (χ1) is 12.2. The number of methoxy groups -OCH3 is 1. The molecule has 0 amide bonds. The van der Waals surface area contributed by atoms with E-state index in [1.54, 1.807) is 30.5 Å². The van der Waals surface area contributed by atoms with Crippen molar-refractivity contribution in [1.29, 1.82) is 0 Å². The standard InChI is InChI=1S/C17H16Cl2N4O2/c1-24-16-6-13(8-22-23-10-20-21-11-23)15(19)7-17(16)25-9-12-2-4-14(18)5-3-12/h2-7,10-11,22H,8-9H2,1H3. The van der Waals surface area contributed by atoms with Gasteiger partial charge >= 0.3 is 0 Å². The average Bonchev–Trinajstić information content (AvgIpc) is 3.14. The Hall–Kier alpha value is -2.44. The number of ether oxygens (including phenoxy) is 2. The van der Waals surface area contributed by atoms with Gasteiger partial charge in [-0.05, 0) is 29.3 Å². The normalized spacial score (nSPS) is 10.5. The highest BCUT2D eigenvalue weighted by Gasteiger charge is 2.11. The molecule has 0 fully saturated rings. The summed E-state index contributed by atoms with van der Waals surface area (Å²) >= 11 is 12.3. The molecule has 3 rings (SSSR count). The average molecular weight is 379 g/mol. The molecule has 0 aliphatic carbocycles. The maximum Gasteiger partial charge on any atom is 0.163 e. The molecule has 6 nitrogen and oxygen atoms in total. The maximum atomic E-state index is 6.37. The molecule has 8 heteroatoms. The second-order valence-electron chi connectivity index (χ2n) is 5.21. The second-order valence-corrected chi connectivity index (χ2v) is 6.06. The van der Waals surface area contributed by atoms with Gasteiger partial charge in [-0.1, -0.05) is 35.3 Å². The van der Waals surface area contributed by atoms with Crippen LogP contribution in [-0.2, 0) is 13.2 Å². The van der Waals surface area contributed by atoms with Gasteiger partial charge in [-0.3, -0.25) is 0 Å². The van der Waals surface area contributed by atoms with Crippen molar-refractivity contribution in [2.45, 2.75) is 13.2 Å². The van der Waals surface area contributed by atoms with E-state index in [9.17, 15) is 0 Å². The Bertz CT molecular complexity index is 823. The fraction of sp³-hybridized carbons (Fsp3) is 0.176. The fourth-order valence-corrected chi connectivity index (χ4v) is 2.53. The van der Waals surface area contributed by atoms with Crippen LogP contribution >= 0.6 is 23.2 Å². The smallest absolute Gasteiger partial charge is 0.163 e. The maximum absolute atomic E-state index is 6.37. The van der Waals surface area contributed by atoms with Gasteiger partial charge in [0.1, 0.15) is 19.3 Å². The third-order valence-electron chi connectivity index (χ3n) is 3.51. The highest BCUT2D eigenvalue weighted by atomic mass is 35.5. The van der Waals surface area contributed by atoms with Crippen molar-refractivity contribution >= 4 is 23.2 Å². The lowest BCUT2D eigenvalue weighted by molar-refractivity contribution is 0.284. The van der Waals surface area contributed by atoms with Gasteiger partial charge in [0.25, 0.3) is 0 Å². The van der Waals surface area contributed by atoms with E-state index in [0.717, 1.165) is 11.1 Å². The van der Waals surface area contributed by atoms with Crippen molar-refractivity contribution in [2.75, 3.05) is 12.5 Å². The van der Waals surface area contributed by atoms with Crippen molar-refractivity contribution in [3.63, 3.8) is 0 Å². The van der Waals surface area contributed by atoms with E-state index in [4.69, 9.17) is 32.7 Å². The third-order valence-corrected chi connectivity index (χ3v) is 4.11. The Morgan fingerprint density at radius 1 is 1.04 bits per heavy atom. The Morgan fingerprint density at radius 2 is 1.76 bits per heavy atom. The fourth-order valence-electron chi connectivity index (χ4n) is 2.19. The van der Waals surface area contributed by atoms with Crippen molar-refractivity contribution in [3.05, 3.63) is 70.2 Å². The van der Waals surface area contributed by atoms with Crippen molar-refractivity contribution in [2.24, 2.45) is 0 Å². The number of nitrogens with one attached hydrogen (secondary N) is 1. The van der Waals surface area contributed by atoms with E-state index >= 15 is 0 Å². The summed E-state index contributed by atoms with van der Waals surface area (Å²) in [7, 11) is 1.59. The van der Waals surface area contributed by atoms with Gasteiger partial charge in [0, 0.05) is 16.1 Å². The third kappa shape index (κ3) is 4.55. The number of rotatable bonds is 7. The summed E-state index contributed by atoms with van der Waals surface area (Å²) in [4.78, 5) is 0. The quantitative estimate of drug-likeness (QED) is 0.674. The Morgan fingerprint density at radius 3 is 2.44 bits per heavy atom. The van der Waals surface area contributed by atoms with Crippen molar-refractivity contribution in [1.82, 2.24) is 14.9 Å². The number of halogens is 2. The van der Waals surface area contributed by atoms with Crippen LogP contribution in [0.3, 0.4) is 0 Å². The van der Waals surface area contributed by atoms with Crippen LogP contribution in [0.25, 0.3) is 0 Å². The lowest BCUT2D eigenvalue weighted by Gasteiger charge is -2.14. The summed E-state index contributed by atoms with van der Waals surface area (Å²) in [6.45, 7) is 0.882. The minimum absolute atomic E-state index is 0.391. The highest BCUT2D eigenvalue weighted by Crippen LogP contribution is 2.34. The Balaban J connectivity index is 1.71. The molecule has 1 N–H and O–H groups in total. The van der Waals surface area contributed by atoms with E-state index in [2.05, 4.69) is 15.6 Å². The van der Waals surface area contributed by atoms with Gasteiger partial charge in [-0.25, -0.2) is 4.68 Å². The molecule has 0 aliphatic rings. The first-order valence-electron chi connectivity index (χ1n) is 7.48. The number of hydrogen-bond donors (Lipinski definition) is 1. The van der Waals surface area contributed by atoms with Gasteiger partial charge in [0.05, 0.1) is 13.7 Å².